The van der Waals surface area contributed by atoms with E-state index in [0.717, 1.165) is 6.20 Å². The summed E-state index contributed by atoms with van der Waals surface area (Å²) in [6.45, 7) is 3.54. The highest BCUT2D eigenvalue weighted by atomic mass is 19.1. The number of hydrogen-bond acceptors (Lipinski definition) is 2. The molecule has 2 nitrogen and oxygen atoms in total. The van der Waals surface area contributed by atoms with Gasteiger partial charge >= 0.3 is 0 Å². The fourth-order valence-electron chi connectivity index (χ4n) is 1.05. The fourth-order valence-corrected chi connectivity index (χ4v) is 1.05. The van der Waals surface area contributed by atoms with Gasteiger partial charge in [0.05, 0.1) is 12.3 Å². The summed E-state index contributed by atoms with van der Waals surface area (Å²) in [6, 6.07) is 1.29. The number of hydrogen-bond donors (Lipinski definition) is 1. The van der Waals surface area contributed by atoms with Crippen LogP contribution in [0.4, 0.5) is 4.39 Å². The summed E-state index contributed by atoms with van der Waals surface area (Å²) >= 11 is 0. The Morgan fingerprint density at radius 3 is 3.00 bits per heavy atom. The van der Waals surface area contributed by atoms with E-state index in [0.29, 0.717) is 18.4 Å². The Morgan fingerprint density at radius 2 is 2.38 bits per heavy atom. The molecule has 1 N–H and O–H groups in total. The SMILES string of the molecule is C=CCCC(O)c1cncc(F)c1. The van der Waals surface area contributed by atoms with Gasteiger partial charge in [0.1, 0.15) is 5.82 Å². The first-order valence-electron chi connectivity index (χ1n) is 4.13. The Hall–Kier alpha value is -1.22. The minimum Gasteiger partial charge on any atom is -0.388 e. The van der Waals surface area contributed by atoms with Crippen molar-refractivity contribution in [3.63, 3.8) is 0 Å². The lowest BCUT2D eigenvalue weighted by Gasteiger charge is -2.08. The number of aliphatic hydroxyl groups is 1. The zero-order valence-electron chi connectivity index (χ0n) is 7.28. The highest BCUT2D eigenvalue weighted by Crippen LogP contribution is 2.17. The zero-order chi connectivity index (χ0) is 9.68. The Labute approximate surface area is 76.7 Å². The number of rotatable bonds is 4. The smallest absolute Gasteiger partial charge is 0.141 e. The Morgan fingerprint density at radius 1 is 1.62 bits per heavy atom. The van der Waals surface area contributed by atoms with Crippen LogP contribution < -0.4 is 0 Å². The molecule has 1 aromatic heterocycles. The minimum absolute atomic E-state index is 0.421. The topological polar surface area (TPSA) is 33.1 Å². The molecule has 0 saturated carbocycles. The second-order valence-corrected chi connectivity index (χ2v) is 2.82. The molecule has 1 aromatic rings. The zero-order valence-corrected chi connectivity index (χ0v) is 7.28. The molecule has 0 aliphatic heterocycles. The van der Waals surface area contributed by atoms with Crippen LogP contribution in [0.15, 0.2) is 31.1 Å². The van der Waals surface area contributed by atoms with E-state index in [1.807, 2.05) is 0 Å². The van der Waals surface area contributed by atoms with Gasteiger partial charge in [-0.1, -0.05) is 6.08 Å². The molecule has 0 aliphatic rings. The van der Waals surface area contributed by atoms with E-state index in [4.69, 9.17) is 0 Å². The lowest BCUT2D eigenvalue weighted by atomic mass is 10.1. The van der Waals surface area contributed by atoms with Crippen molar-refractivity contribution in [1.29, 1.82) is 0 Å². The lowest BCUT2D eigenvalue weighted by Crippen LogP contribution is -1.98. The van der Waals surface area contributed by atoms with Gasteiger partial charge in [-0.3, -0.25) is 4.98 Å². The third-order valence-corrected chi connectivity index (χ3v) is 1.76. The fraction of sp³-hybridized carbons (Fsp3) is 0.300. The van der Waals surface area contributed by atoms with Gasteiger partial charge in [0, 0.05) is 11.8 Å². The minimum atomic E-state index is -0.652. The molecule has 0 spiro atoms. The van der Waals surface area contributed by atoms with E-state index >= 15 is 0 Å². The van der Waals surface area contributed by atoms with Gasteiger partial charge in [0.2, 0.25) is 0 Å². The summed E-state index contributed by atoms with van der Waals surface area (Å²) in [7, 11) is 0. The van der Waals surface area contributed by atoms with Crippen LogP contribution in [0.3, 0.4) is 0 Å². The molecule has 0 bridgehead atoms. The summed E-state index contributed by atoms with van der Waals surface area (Å²) < 4.78 is 12.7. The summed E-state index contributed by atoms with van der Waals surface area (Å²) in [5.74, 6) is -0.421. The average molecular weight is 181 g/mol. The molecule has 1 atom stereocenters. The third kappa shape index (κ3) is 2.95. The van der Waals surface area contributed by atoms with E-state index in [2.05, 4.69) is 11.6 Å². The van der Waals surface area contributed by atoms with Crippen molar-refractivity contribution >= 4 is 0 Å². The van der Waals surface area contributed by atoms with E-state index in [1.165, 1.54) is 12.3 Å². The normalized spacial score (nSPS) is 12.5. The summed E-state index contributed by atoms with van der Waals surface area (Å²) in [5.41, 5.74) is 0.516. The predicted octanol–water partition coefficient (Wildman–Crippen LogP) is 2.22. The Balaban J connectivity index is 2.65. The average Bonchev–Trinajstić information content (AvgIpc) is 2.14. The van der Waals surface area contributed by atoms with Crippen molar-refractivity contribution in [2.75, 3.05) is 0 Å². The number of halogens is 1. The van der Waals surface area contributed by atoms with Gasteiger partial charge in [-0.05, 0) is 18.9 Å². The number of aliphatic hydroxyl groups excluding tert-OH is 1. The molecule has 0 radical (unpaired) electrons. The van der Waals surface area contributed by atoms with Crippen LogP contribution in [0.25, 0.3) is 0 Å². The first-order valence-corrected chi connectivity index (χ1v) is 4.13. The lowest BCUT2D eigenvalue weighted by molar-refractivity contribution is 0.168. The van der Waals surface area contributed by atoms with Crippen molar-refractivity contribution in [3.05, 3.63) is 42.5 Å². The molecule has 0 saturated heterocycles. The van der Waals surface area contributed by atoms with E-state index in [-0.39, 0.29) is 0 Å². The molecule has 0 amide bonds. The number of aromatic nitrogens is 1. The third-order valence-electron chi connectivity index (χ3n) is 1.76. The molecule has 1 heterocycles. The van der Waals surface area contributed by atoms with E-state index < -0.39 is 11.9 Å². The van der Waals surface area contributed by atoms with Gasteiger partial charge in [-0.25, -0.2) is 4.39 Å². The van der Waals surface area contributed by atoms with Crippen LogP contribution in [-0.4, -0.2) is 10.1 Å². The monoisotopic (exact) mass is 181 g/mol. The first-order chi connectivity index (χ1) is 6.24. The second-order valence-electron chi connectivity index (χ2n) is 2.82. The standard InChI is InChI=1S/C10H12FNO/c1-2-3-4-10(13)8-5-9(11)7-12-6-8/h2,5-7,10,13H,1,3-4H2. The van der Waals surface area contributed by atoms with Crippen LogP contribution in [0.2, 0.25) is 0 Å². The predicted molar refractivity (Wildman–Crippen MR) is 48.6 cm³/mol. The summed E-state index contributed by atoms with van der Waals surface area (Å²) in [5, 5.41) is 9.52. The first kappa shape index (κ1) is 9.86. The van der Waals surface area contributed by atoms with Crippen LogP contribution in [0.1, 0.15) is 24.5 Å². The van der Waals surface area contributed by atoms with Gasteiger partial charge in [0.15, 0.2) is 0 Å². The van der Waals surface area contributed by atoms with Crippen molar-refractivity contribution in [3.8, 4) is 0 Å². The highest BCUT2D eigenvalue weighted by Gasteiger charge is 2.07. The maximum absolute atomic E-state index is 12.7. The van der Waals surface area contributed by atoms with Crippen molar-refractivity contribution in [2.45, 2.75) is 18.9 Å². The molecule has 1 rings (SSSR count). The quantitative estimate of drug-likeness (QED) is 0.722. The molecule has 3 heteroatoms. The Kier molecular flexibility index (Phi) is 3.58. The molecule has 1 unspecified atom stereocenters. The van der Waals surface area contributed by atoms with Crippen LogP contribution in [0, 0.1) is 5.82 Å². The molecule has 0 fully saturated rings. The second kappa shape index (κ2) is 4.72. The maximum Gasteiger partial charge on any atom is 0.141 e. The molecular weight excluding hydrogens is 169 g/mol. The summed E-state index contributed by atoms with van der Waals surface area (Å²) in [6.07, 6.45) is 4.91. The number of nitrogens with zero attached hydrogens (tertiary/aromatic N) is 1. The van der Waals surface area contributed by atoms with Crippen LogP contribution in [0.5, 0.6) is 0 Å². The Bertz CT molecular complexity index is 288. The van der Waals surface area contributed by atoms with Gasteiger partial charge in [-0.2, -0.15) is 0 Å². The molecule has 0 aromatic carbocycles. The van der Waals surface area contributed by atoms with E-state index in [9.17, 15) is 9.50 Å². The van der Waals surface area contributed by atoms with Crippen LogP contribution >= 0.6 is 0 Å². The highest BCUT2D eigenvalue weighted by molar-refractivity contribution is 5.13. The van der Waals surface area contributed by atoms with Crippen molar-refractivity contribution < 1.29 is 9.50 Å². The molecular formula is C10H12FNO. The van der Waals surface area contributed by atoms with Crippen molar-refractivity contribution in [1.82, 2.24) is 4.98 Å². The van der Waals surface area contributed by atoms with Crippen LogP contribution in [-0.2, 0) is 0 Å². The molecule has 13 heavy (non-hydrogen) atoms. The molecule has 70 valence electrons. The van der Waals surface area contributed by atoms with Gasteiger partial charge in [-0.15, -0.1) is 6.58 Å². The molecule has 0 aliphatic carbocycles. The summed E-state index contributed by atoms with van der Waals surface area (Å²) in [4.78, 5) is 3.65. The van der Waals surface area contributed by atoms with Gasteiger partial charge in [0.25, 0.3) is 0 Å². The largest absolute Gasteiger partial charge is 0.388 e. The number of allylic oxidation sites excluding steroid dienone is 1. The van der Waals surface area contributed by atoms with Gasteiger partial charge < -0.3 is 5.11 Å². The number of pyridine rings is 1. The van der Waals surface area contributed by atoms with Crippen molar-refractivity contribution in [2.24, 2.45) is 0 Å². The van der Waals surface area contributed by atoms with E-state index in [1.54, 1.807) is 6.08 Å². The maximum atomic E-state index is 12.7.